The molecule has 0 atom stereocenters. The second kappa shape index (κ2) is 7.26. The maximum Gasteiger partial charge on any atom is 0.189 e. The second-order valence-corrected chi connectivity index (χ2v) is 6.15. The zero-order valence-electron chi connectivity index (χ0n) is 14.0. The molecule has 1 heterocycles. The fourth-order valence-corrected chi connectivity index (χ4v) is 2.62. The highest BCUT2D eigenvalue weighted by Gasteiger charge is 2.04. The number of aryl methyl sites for hydroxylation is 1. The van der Waals surface area contributed by atoms with Crippen LogP contribution in [0.4, 0.5) is 0 Å². The number of allylic oxidation sites excluding steroid dienone is 4. The number of nitrogens with zero attached hydrogens (tertiary/aromatic N) is 1. The zero-order valence-corrected chi connectivity index (χ0v) is 14.0. The van der Waals surface area contributed by atoms with Gasteiger partial charge in [-0.25, -0.2) is 0 Å². The number of hydrogen-bond acceptors (Lipinski definition) is 1. The van der Waals surface area contributed by atoms with Gasteiger partial charge in [-0.15, -0.1) is 0 Å². The van der Waals surface area contributed by atoms with Crippen LogP contribution in [0.2, 0.25) is 0 Å². The summed E-state index contributed by atoms with van der Waals surface area (Å²) >= 11 is 0. The van der Waals surface area contributed by atoms with E-state index in [9.17, 15) is 4.79 Å². The van der Waals surface area contributed by atoms with Gasteiger partial charge in [-0.3, -0.25) is 4.79 Å². The topological polar surface area (TPSA) is 22.0 Å². The molecule has 0 aliphatic heterocycles. The number of fused-ring (bicyclic) bond motifs is 1. The summed E-state index contributed by atoms with van der Waals surface area (Å²) in [6, 6.07) is 9.55. The Balaban J connectivity index is 2.20. The first-order valence-electron chi connectivity index (χ1n) is 7.85. The van der Waals surface area contributed by atoms with Crippen molar-refractivity contribution < 1.29 is 0 Å². The van der Waals surface area contributed by atoms with E-state index in [-0.39, 0.29) is 5.43 Å². The average Bonchev–Trinajstić information content (AvgIpc) is 2.49. The minimum absolute atomic E-state index is 0.110. The molecule has 2 heteroatoms. The van der Waals surface area contributed by atoms with Crippen molar-refractivity contribution in [2.75, 3.05) is 0 Å². The first-order chi connectivity index (χ1) is 10.5. The van der Waals surface area contributed by atoms with Crippen LogP contribution < -0.4 is 5.43 Å². The van der Waals surface area contributed by atoms with Gasteiger partial charge in [0.2, 0.25) is 0 Å². The second-order valence-electron chi connectivity index (χ2n) is 6.15. The molecule has 2 rings (SSSR count). The summed E-state index contributed by atoms with van der Waals surface area (Å²) in [6.45, 7) is 6.42. The molecule has 0 N–H and O–H groups in total. The smallest absolute Gasteiger partial charge is 0.189 e. The maximum absolute atomic E-state index is 12.2. The Hall–Kier alpha value is -2.09. The Morgan fingerprint density at radius 1 is 1.14 bits per heavy atom. The molecule has 0 bridgehead atoms. The summed E-state index contributed by atoms with van der Waals surface area (Å²) in [6.07, 6.45) is 7.47. The molecule has 116 valence electrons. The van der Waals surface area contributed by atoms with Crippen LogP contribution in [0.15, 0.2) is 58.4 Å². The molecule has 0 radical (unpaired) electrons. The van der Waals surface area contributed by atoms with Gasteiger partial charge in [-0.2, -0.15) is 0 Å². The zero-order chi connectivity index (χ0) is 16.1. The lowest BCUT2D eigenvalue weighted by Gasteiger charge is -2.11. The van der Waals surface area contributed by atoms with Crippen LogP contribution in [0.25, 0.3) is 10.9 Å². The van der Waals surface area contributed by atoms with E-state index in [1.54, 1.807) is 6.07 Å². The Bertz CT molecular complexity index is 774. The number of hydrogen-bond donors (Lipinski definition) is 0. The third kappa shape index (κ3) is 3.97. The fourth-order valence-electron chi connectivity index (χ4n) is 2.62. The lowest BCUT2D eigenvalue weighted by molar-refractivity contribution is 0.862. The minimum atomic E-state index is 0.110. The van der Waals surface area contributed by atoms with Gasteiger partial charge < -0.3 is 4.57 Å². The highest BCUT2D eigenvalue weighted by atomic mass is 16.1. The van der Waals surface area contributed by atoms with Gasteiger partial charge in [-0.1, -0.05) is 35.4 Å². The monoisotopic (exact) mass is 295 g/mol. The van der Waals surface area contributed by atoms with Crippen molar-refractivity contribution >= 4 is 10.9 Å². The van der Waals surface area contributed by atoms with Gasteiger partial charge in [0.25, 0.3) is 0 Å². The van der Waals surface area contributed by atoms with Crippen molar-refractivity contribution in [3.8, 4) is 0 Å². The SMILES string of the molecule is CC(C)=CCC/C(C)=C/Cc1cc(=O)c2ccccc2n1C. The van der Waals surface area contributed by atoms with E-state index in [0.717, 1.165) is 35.9 Å². The number of pyridine rings is 1. The Morgan fingerprint density at radius 3 is 2.59 bits per heavy atom. The third-order valence-electron chi connectivity index (χ3n) is 4.01. The van der Waals surface area contributed by atoms with Gasteiger partial charge >= 0.3 is 0 Å². The average molecular weight is 295 g/mol. The molecule has 0 unspecified atom stereocenters. The molecule has 1 aromatic heterocycles. The first-order valence-corrected chi connectivity index (χ1v) is 7.85. The molecule has 0 aliphatic rings. The predicted molar refractivity (Wildman–Crippen MR) is 95.3 cm³/mol. The molecule has 0 saturated heterocycles. The third-order valence-corrected chi connectivity index (χ3v) is 4.01. The lowest BCUT2D eigenvalue weighted by atomic mass is 10.1. The normalized spacial score (nSPS) is 11.7. The van der Waals surface area contributed by atoms with Crippen molar-refractivity contribution in [1.29, 1.82) is 0 Å². The molecule has 0 fully saturated rings. The Labute approximate surface area is 132 Å². The van der Waals surface area contributed by atoms with Crippen molar-refractivity contribution in [2.24, 2.45) is 7.05 Å². The van der Waals surface area contributed by atoms with E-state index in [2.05, 4.69) is 37.5 Å². The molecule has 0 aliphatic carbocycles. The van der Waals surface area contributed by atoms with E-state index < -0.39 is 0 Å². The number of rotatable bonds is 5. The largest absolute Gasteiger partial charge is 0.347 e. The number of benzene rings is 1. The standard InChI is InChI=1S/C20H25NO/c1-15(2)8-7-9-16(3)12-13-17-14-20(22)18-10-5-6-11-19(18)21(17)4/h5-6,8,10-12,14H,7,9,13H2,1-4H3/b16-12+. The highest BCUT2D eigenvalue weighted by Crippen LogP contribution is 2.13. The Kier molecular flexibility index (Phi) is 5.37. The highest BCUT2D eigenvalue weighted by molar-refractivity contribution is 5.79. The molecule has 2 nitrogen and oxygen atoms in total. The summed E-state index contributed by atoms with van der Waals surface area (Å²) in [7, 11) is 2.03. The van der Waals surface area contributed by atoms with Crippen molar-refractivity contribution in [2.45, 2.75) is 40.0 Å². The summed E-state index contributed by atoms with van der Waals surface area (Å²) in [5, 5.41) is 0.790. The van der Waals surface area contributed by atoms with E-state index in [1.807, 2.05) is 31.3 Å². The molecule has 0 saturated carbocycles. The maximum atomic E-state index is 12.2. The number of para-hydroxylation sites is 1. The predicted octanol–water partition coefficient (Wildman–Crippen LogP) is 4.77. The van der Waals surface area contributed by atoms with Gasteiger partial charge in [0.1, 0.15) is 0 Å². The number of aromatic nitrogens is 1. The molecule has 2 aromatic rings. The van der Waals surface area contributed by atoms with Crippen LogP contribution in [0, 0.1) is 0 Å². The van der Waals surface area contributed by atoms with Crippen molar-refractivity contribution in [1.82, 2.24) is 4.57 Å². The quantitative estimate of drug-likeness (QED) is 0.728. The van der Waals surface area contributed by atoms with Crippen molar-refractivity contribution in [3.63, 3.8) is 0 Å². The van der Waals surface area contributed by atoms with Crippen LogP contribution in [-0.2, 0) is 13.5 Å². The van der Waals surface area contributed by atoms with Gasteiger partial charge in [0.15, 0.2) is 5.43 Å². The molecular formula is C20H25NO. The van der Waals surface area contributed by atoms with Crippen LogP contribution in [0.5, 0.6) is 0 Å². The van der Waals surface area contributed by atoms with Crippen LogP contribution in [-0.4, -0.2) is 4.57 Å². The molecule has 1 aromatic carbocycles. The van der Waals surface area contributed by atoms with Crippen LogP contribution >= 0.6 is 0 Å². The van der Waals surface area contributed by atoms with Crippen LogP contribution in [0.1, 0.15) is 39.3 Å². The van der Waals surface area contributed by atoms with E-state index in [0.29, 0.717) is 0 Å². The van der Waals surface area contributed by atoms with Gasteiger partial charge in [0, 0.05) is 30.6 Å². The Morgan fingerprint density at radius 2 is 1.86 bits per heavy atom. The lowest BCUT2D eigenvalue weighted by Crippen LogP contribution is -2.11. The van der Waals surface area contributed by atoms with Gasteiger partial charge in [-0.05, 0) is 45.7 Å². The van der Waals surface area contributed by atoms with E-state index in [4.69, 9.17) is 0 Å². The fraction of sp³-hybridized carbons (Fsp3) is 0.350. The van der Waals surface area contributed by atoms with E-state index >= 15 is 0 Å². The molecule has 0 spiro atoms. The van der Waals surface area contributed by atoms with E-state index in [1.165, 1.54) is 11.1 Å². The van der Waals surface area contributed by atoms with Crippen LogP contribution in [0.3, 0.4) is 0 Å². The van der Waals surface area contributed by atoms with Crippen molar-refractivity contribution in [3.05, 3.63) is 69.5 Å². The molecule has 22 heavy (non-hydrogen) atoms. The van der Waals surface area contributed by atoms with Gasteiger partial charge in [0.05, 0.1) is 5.52 Å². The summed E-state index contributed by atoms with van der Waals surface area (Å²) in [5.41, 5.74) is 4.91. The molecular weight excluding hydrogens is 270 g/mol. The summed E-state index contributed by atoms with van der Waals surface area (Å²) in [5.74, 6) is 0. The minimum Gasteiger partial charge on any atom is -0.347 e. The summed E-state index contributed by atoms with van der Waals surface area (Å²) in [4.78, 5) is 12.2. The summed E-state index contributed by atoms with van der Waals surface area (Å²) < 4.78 is 2.12. The first kappa shape index (κ1) is 16.3. The molecule has 0 amide bonds.